The van der Waals surface area contributed by atoms with Gasteiger partial charge in [-0.3, -0.25) is 9.69 Å². The van der Waals surface area contributed by atoms with Crippen LogP contribution >= 0.6 is 11.3 Å². The number of carbonyl (C=O) groups excluding carboxylic acids is 1. The van der Waals surface area contributed by atoms with Crippen LogP contribution in [0.25, 0.3) is 0 Å². The Morgan fingerprint density at radius 3 is 2.68 bits per heavy atom. The molecule has 9 heteroatoms. The number of benzene rings is 2. The number of nitrogens with two attached hydrogens (primary N) is 1. The molecule has 2 aromatic carbocycles. The van der Waals surface area contributed by atoms with Crippen molar-refractivity contribution in [3.8, 4) is 11.5 Å². The lowest BCUT2D eigenvalue weighted by Gasteiger charge is -2.15. The predicted molar refractivity (Wildman–Crippen MR) is 119 cm³/mol. The summed E-state index contributed by atoms with van der Waals surface area (Å²) in [7, 11) is 0. The van der Waals surface area contributed by atoms with Crippen LogP contribution in [0.1, 0.15) is 28.1 Å². The molecule has 1 aliphatic heterocycles. The van der Waals surface area contributed by atoms with Crippen molar-refractivity contribution < 1.29 is 19.0 Å². The number of ketones is 1. The average Bonchev–Trinajstić information content (AvgIpc) is 3.40. The molecule has 0 bridgehead atoms. The van der Waals surface area contributed by atoms with E-state index in [9.17, 15) is 14.3 Å². The Bertz CT molecular complexity index is 1070. The zero-order valence-electron chi connectivity index (χ0n) is 16.8. The molecular weight excluding hydrogens is 419 g/mol. The number of hydrogen-bond acceptors (Lipinski definition) is 8. The number of nitrogens with zero attached hydrogens (tertiary/aromatic N) is 2. The zero-order valence-corrected chi connectivity index (χ0v) is 17.6. The smallest absolute Gasteiger partial charge is 0.206 e. The number of ether oxygens (including phenoxy) is 1. The predicted octanol–water partition coefficient (Wildman–Crippen LogP) is 4.02. The molecule has 0 aliphatic carbocycles. The van der Waals surface area contributed by atoms with Gasteiger partial charge >= 0.3 is 0 Å². The van der Waals surface area contributed by atoms with Gasteiger partial charge in [-0.1, -0.05) is 11.3 Å². The lowest BCUT2D eigenvalue weighted by atomic mass is 10.1. The van der Waals surface area contributed by atoms with Crippen molar-refractivity contribution in [2.75, 3.05) is 37.3 Å². The minimum atomic E-state index is -0.866. The Morgan fingerprint density at radius 1 is 1.23 bits per heavy atom. The van der Waals surface area contributed by atoms with Gasteiger partial charge in [-0.05, 0) is 68.4 Å². The van der Waals surface area contributed by atoms with Crippen molar-refractivity contribution in [2.24, 2.45) is 0 Å². The molecule has 1 fully saturated rings. The number of anilines is 3. The second-order valence-corrected chi connectivity index (χ2v) is 8.27. The van der Waals surface area contributed by atoms with Crippen LogP contribution in [0.5, 0.6) is 11.5 Å². The molecule has 7 nitrogen and oxygen atoms in total. The largest absolute Gasteiger partial charge is 0.505 e. The molecule has 3 aromatic rings. The summed E-state index contributed by atoms with van der Waals surface area (Å²) in [5.41, 5.74) is 6.77. The zero-order chi connectivity index (χ0) is 21.8. The number of hydrogen-bond donors (Lipinski definition) is 3. The third kappa shape index (κ3) is 5.12. The third-order valence-electron chi connectivity index (χ3n) is 5.05. The second-order valence-electron chi connectivity index (χ2n) is 7.28. The number of likely N-dealkylation sites (tertiary alicyclic amines) is 1. The van der Waals surface area contributed by atoms with Gasteiger partial charge in [0.2, 0.25) is 5.78 Å². The fourth-order valence-electron chi connectivity index (χ4n) is 3.38. The van der Waals surface area contributed by atoms with Gasteiger partial charge in [-0.25, -0.2) is 9.37 Å². The maximum absolute atomic E-state index is 13.6. The summed E-state index contributed by atoms with van der Waals surface area (Å²) in [6.45, 7) is 3.88. The standard InChI is InChI=1S/C22H23FN4O3S/c23-17-13-14(3-8-18(17)28)19(29)20-21(24)26-22(31-20)25-15-4-6-16(7-5-15)30-12-11-27-9-1-2-10-27/h3-8,13,28H,1-2,9-12,24H2,(H,25,26). The molecule has 31 heavy (non-hydrogen) atoms. The number of thiazole rings is 1. The minimum Gasteiger partial charge on any atom is -0.505 e. The first-order valence-electron chi connectivity index (χ1n) is 10.0. The van der Waals surface area contributed by atoms with E-state index in [0.717, 1.165) is 54.5 Å². The number of halogens is 1. The van der Waals surface area contributed by atoms with Gasteiger partial charge in [0.25, 0.3) is 0 Å². The second kappa shape index (κ2) is 9.32. The number of carbonyl (C=O) groups is 1. The van der Waals surface area contributed by atoms with Crippen molar-refractivity contribution in [2.45, 2.75) is 12.8 Å². The first kappa shape index (κ1) is 21.1. The van der Waals surface area contributed by atoms with Crippen LogP contribution in [-0.2, 0) is 0 Å². The van der Waals surface area contributed by atoms with Gasteiger partial charge in [-0.2, -0.15) is 0 Å². The lowest BCUT2D eigenvalue weighted by Crippen LogP contribution is -2.25. The Balaban J connectivity index is 1.37. The molecule has 4 rings (SSSR count). The van der Waals surface area contributed by atoms with Gasteiger partial charge in [0, 0.05) is 17.8 Å². The highest BCUT2D eigenvalue weighted by atomic mass is 32.1. The van der Waals surface area contributed by atoms with Crippen molar-refractivity contribution in [1.29, 1.82) is 0 Å². The van der Waals surface area contributed by atoms with Gasteiger partial charge in [0.05, 0.1) is 0 Å². The van der Waals surface area contributed by atoms with E-state index in [1.165, 1.54) is 18.9 Å². The summed E-state index contributed by atoms with van der Waals surface area (Å²) in [6, 6.07) is 10.9. The van der Waals surface area contributed by atoms with E-state index < -0.39 is 17.3 Å². The fraction of sp³-hybridized carbons (Fsp3) is 0.273. The van der Waals surface area contributed by atoms with E-state index in [1.54, 1.807) is 0 Å². The SMILES string of the molecule is Nc1nc(Nc2ccc(OCCN3CCCC3)cc2)sc1C(=O)c1ccc(O)c(F)c1. The number of rotatable bonds is 8. The van der Waals surface area contributed by atoms with Crippen molar-refractivity contribution in [3.05, 3.63) is 58.7 Å². The molecule has 0 amide bonds. The lowest BCUT2D eigenvalue weighted by molar-refractivity contribution is 0.104. The third-order valence-corrected chi connectivity index (χ3v) is 6.04. The van der Waals surface area contributed by atoms with E-state index in [4.69, 9.17) is 10.5 Å². The summed E-state index contributed by atoms with van der Waals surface area (Å²) in [4.78, 5) is 19.4. The number of aromatic hydroxyl groups is 1. The van der Waals surface area contributed by atoms with Crippen LogP contribution in [0, 0.1) is 5.82 Å². The number of nitrogen functional groups attached to an aromatic ring is 1. The molecule has 2 heterocycles. The number of aromatic nitrogens is 1. The monoisotopic (exact) mass is 442 g/mol. The Morgan fingerprint density at radius 2 is 1.97 bits per heavy atom. The van der Waals surface area contributed by atoms with Crippen molar-refractivity contribution >= 4 is 33.8 Å². The highest BCUT2D eigenvalue weighted by Gasteiger charge is 2.19. The fourth-order valence-corrected chi connectivity index (χ4v) is 4.25. The van der Waals surface area contributed by atoms with Crippen LogP contribution < -0.4 is 15.8 Å². The highest BCUT2D eigenvalue weighted by molar-refractivity contribution is 7.18. The van der Waals surface area contributed by atoms with Crippen LogP contribution in [0.15, 0.2) is 42.5 Å². The normalized spacial score (nSPS) is 14.0. The first-order valence-corrected chi connectivity index (χ1v) is 10.8. The summed E-state index contributed by atoms with van der Waals surface area (Å²) >= 11 is 1.08. The van der Waals surface area contributed by atoms with Crippen LogP contribution in [0.3, 0.4) is 0 Å². The van der Waals surface area contributed by atoms with Gasteiger partial charge in [0.15, 0.2) is 16.7 Å². The molecule has 1 aromatic heterocycles. The van der Waals surface area contributed by atoms with Crippen molar-refractivity contribution in [1.82, 2.24) is 9.88 Å². The summed E-state index contributed by atoms with van der Waals surface area (Å²) in [5, 5.41) is 12.9. The quantitative estimate of drug-likeness (QED) is 0.453. The van der Waals surface area contributed by atoms with E-state index in [0.29, 0.717) is 11.7 Å². The topological polar surface area (TPSA) is 101 Å². The number of nitrogens with one attached hydrogen (secondary N) is 1. The molecule has 4 N–H and O–H groups in total. The molecule has 1 saturated heterocycles. The van der Waals surface area contributed by atoms with Crippen LogP contribution in [0.4, 0.5) is 21.0 Å². The van der Waals surface area contributed by atoms with E-state index >= 15 is 0 Å². The molecule has 0 spiro atoms. The molecule has 0 unspecified atom stereocenters. The molecule has 0 radical (unpaired) electrons. The minimum absolute atomic E-state index is 0.0628. The number of phenolic OH excluding ortho intramolecular Hbond substituents is 1. The summed E-state index contributed by atoms with van der Waals surface area (Å²) in [6.07, 6.45) is 2.53. The van der Waals surface area contributed by atoms with Gasteiger partial charge < -0.3 is 20.9 Å². The highest BCUT2D eigenvalue weighted by Crippen LogP contribution is 2.31. The molecule has 1 aliphatic rings. The summed E-state index contributed by atoms with van der Waals surface area (Å²) in [5.74, 6) is -0.986. The molecule has 0 saturated carbocycles. The maximum atomic E-state index is 13.6. The Labute approximate surface area is 183 Å². The van der Waals surface area contributed by atoms with E-state index in [1.807, 2.05) is 24.3 Å². The first-order chi connectivity index (χ1) is 15.0. The molecule has 162 valence electrons. The van der Waals surface area contributed by atoms with E-state index in [-0.39, 0.29) is 16.3 Å². The Hall–Kier alpha value is -3.17. The number of phenols is 1. The van der Waals surface area contributed by atoms with Gasteiger partial charge in [-0.15, -0.1) is 0 Å². The Kier molecular flexibility index (Phi) is 6.34. The van der Waals surface area contributed by atoms with E-state index in [2.05, 4.69) is 15.2 Å². The van der Waals surface area contributed by atoms with Gasteiger partial charge in [0.1, 0.15) is 23.1 Å². The average molecular weight is 443 g/mol. The van der Waals surface area contributed by atoms with Crippen molar-refractivity contribution in [3.63, 3.8) is 0 Å². The van der Waals surface area contributed by atoms with Crippen LogP contribution in [0.2, 0.25) is 0 Å². The van der Waals surface area contributed by atoms with Crippen LogP contribution in [-0.4, -0.2) is 47.0 Å². The molecule has 0 atom stereocenters. The maximum Gasteiger partial charge on any atom is 0.206 e. The summed E-state index contributed by atoms with van der Waals surface area (Å²) < 4.78 is 19.4. The molecular formula is C22H23FN4O3S.